The lowest BCUT2D eigenvalue weighted by molar-refractivity contribution is -0.121. The number of amides is 1. The third kappa shape index (κ3) is 6.37. The largest absolute Gasteiger partial charge is 0.353 e. The smallest absolute Gasteiger partial charge is 0.224 e. The Morgan fingerprint density at radius 2 is 2.00 bits per heavy atom. The highest BCUT2D eigenvalue weighted by Gasteiger charge is 2.10. The van der Waals surface area contributed by atoms with Gasteiger partial charge < -0.3 is 5.32 Å². The van der Waals surface area contributed by atoms with E-state index in [1.807, 2.05) is 6.92 Å². The number of carbonyl (C=O) groups is 1. The van der Waals surface area contributed by atoms with E-state index in [-0.39, 0.29) is 24.2 Å². The minimum atomic E-state index is -0.312. The van der Waals surface area contributed by atoms with E-state index >= 15 is 0 Å². The standard InChI is InChI=1S/C16H24FNO/c1-3-4-5-6-9-13(2)18-16(19)12-14-10-7-8-11-15(14)17/h7-8,10-11,13H,3-6,9,12H2,1-2H3,(H,18,19). The zero-order valence-corrected chi connectivity index (χ0v) is 11.9. The van der Waals surface area contributed by atoms with Gasteiger partial charge in [-0.25, -0.2) is 4.39 Å². The molecule has 1 amide bonds. The van der Waals surface area contributed by atoms with Crippen molar-refractivity contribution in [1.29, 1.82) is 0 Å². The molecule has 2 nitrogen and oxygen atoms in total. The molecule has 3 heteroatoms. The van der Waals surface area contributed by atoms with Gasteiger partial charge in [-0.2, -0.15) is 0 Å². The molecule has 1 unspecified atom stereocenters. The first-order valence-corrected chi connectivity index (χ1v) is 7.16. The summed E-state index contributed by atoms with van der Waals surface area (Å²) >= 11 is 0. The topological polar surface area (TPSA) is 29.1 Å². The summed E-state index contributed by atoms with van der Waals surface area (Å²) in [6, 6.07) is 6.58. The van der Waals surface area contributed by atoms with Crippen LogP contribution in [0.2, 0.25) is 0 Å². The van der Waals surface area contributed by atoms with Gasteiger partial charge in [0.15, 0.2) is 0 Å². The number of hydrogen-bond donors (Lipinski definition) is 1. The molecule has 0 saturated heterocycles. The lowest BCUT2D eigenvalue weighted by Crippen LogP contribution is -2.33. The maximum absolute atomic E-state index is 13.4. The van der Waals surface area contributed by atoms with Crippen molar-refractivity contribution in [2.24, 2.45) is 0 Å². The summed E-state index contributed by atoms with van der Waals surface area (Å²) in [5, 5.41) is 2.93. The Morgan fingerprint density at radius 3 is 2.68 bits per heavy atom. The summed E-state index contributed by atoms with van der Waals surface area (Å²) in [4.78, 5) is 11.8. The highest BCUT2D eigenvalue weighted by Crippen LogP contribution is 2.08. The number of nitrogens with one attached hydrogen (secondary N) is 1. The maximum atomic E-state index is 13.4. The van der Waals surface area contributed by atoms with Crippen LogP contribution in [-0.4, -0.2) is 11.9 Å². The molecule has 0 fully saturated rings. The monoisotopic (exact) mass is 265 g/mol. The second-order valence-corrected chi connectivity index (χ2v) is 5.09. The Bertz CT molecular complexity index is 392. The second-order valence-electron chi connectivity index (χ2n) is 5.09. The van der Waals surface area contributed by atoms with Gasteiger partial charge in [-0.05, 0) is 25.0 Å². The van der Waals surface area contributed by atoms with Crippen LogP contribution in [0.3, 0.4) is 0 Å². The van der Waals surface area contributed by atoms with Crippen molar-refractivity contribution in [3.63, 3.8) is 0 Å². The van der Waals surface area contributed by atoms with E-state index in [1.165, 1.54) is 25.3 Å². The zero-order valence-electron chi connectivity index (χ0n) is 11.9. The summed E-state index contributed by atoms with van der Waals surface area (Å²) in [7, 11) is 0. The summed E-state index contributed by atoms with van der Waals surface area (Å²) in [6.45, 7) is 4.19. The van der Waals surface area contributed by atoms with Crippen LogP contribution >= 0.6 is 0 Å². The van der Waals surface area contributed by atoms with Gasteiger partial charge in [0.1, 0.15) is 5.82 Å². The highest BCUT2D eigenvalue weighted by atomic mass is 19.1. The average Bonchev–Trinajstić information content (AvgIpc) is 2.37. The van der Waals surface area contributed by atoms with Gasteiger partial charge in [0.05, 0.1) is 6.42 Å². The van der Waals surface area contributed by atoms with Crippen molar-refractivity contribution < 1.29 is 9.18 Å². The summed E-state index contributed by atoms with van der Waals surface area (Å²) < 4.78 is 13.4. The molecule has 1 atom stereocenters. The molecule has 0 aliphatic heterocycles. The maximum Gasteiger partial charge on any atom is 0.224 e. The van der Waals surface area contributed by atoms with Crippen molar-refractivity contribution in [2.45, 2.75) is 58.4 Å². The third-order valence-electron chi connectivity index (χ3n) is 3.21. The van der Waals surface area contributed by atoms with Crippen LogP contribution in [0.5, 0.6) is 0 Å². The average molecular weight is 265 g/mol. The van der Waals surface area contributed by atoms with E-state index in [1.54, 1.807) is 18.2 Å². The molecule has 0 saturated carbocycles. The number of unbranched alkanes of at least 4 members (excludes halogenated alkanes) is 3. The number of rotatable bonds is 8. The first kappa shape index (κ1) is 15.7. The molecule has 0 heterocycles. The fourth-order valence-corrected chi connectivity index (χ4v) is 2.09. The van der Waals surface area contributed by atoms with Crippen LogP contribution in [0, 0.1) is 5.82 Å². The molecule has 0 spiro atoms. The molecule has 0 bridgehead atoms. The molecule has 106 valence electrons. The molecule has 1 aromatic rings. The summed E-state index contributed by atoms with van der Waals surface area (Å²) in [5.74, 6) is -0.415. The predicted molar refractivity (Wildman–Crippen MR) is 76.5 cm³/mol. The molecular formula is C16H24FNO. The Balaban J connectivity index is 2.29. The Hall–Kier alpha value is -1.38. The highest BCUT2D eigenvalue weighted by molar-refractivity contribution is 5.78. The van der Waals surface area contributed by atoms with E-state index in [4.69, 9.17) is 0 Å². The molecular weight excluding hydrogens is 241 g/mol. The van der Waals surface area contributed by atoms with Crippen LogP contribution < -0.4 is 5.32 Å². The molecule has 0 radical (unpaired) electrons. The molecule has 1 rings (SSSR count). The van der Waals surface area contributed by atoms with Crippen molar-refractivity contribution in [1.82, 2.24) is 5.32 Å². The summed E-state index contributed by atoms with van der Waals surface area (Å²) in [6.07, 6.45) is 5.91. The molecule has 0 aliphatic rings. The minimum absolute atomic E-state index is 0.104. The van der Waals surface area contributed by atoms with Gasteiger partial charge in [-0.1, -0.05) is 50.8 Å². The quantitative estimate of drug-likeness (QED) is 0.711. The third-order valence-corrected chi connectivity index (χ3v) is 3.21. The van der Waals surface area contributed by atoms with Crippen molar-refractivity contribution >= 4 is 5.91 Å². The predicted octanol–water partition coefficient (Wildman–Crippen LogP) is 3.84. The lowest BCUT2D eigenvalue weighted by Gasteiger charge is -2.14. The van der Waals surface area contributed by atoms with Crippen LogP contribution in [0.1, 0.15) is 51.5 Å². The first-order valence-electron chi connectivity index (χ1n) is 7.16. The van der Waals surface area contributed by atoms with Gasteiger partial charge >= 0.3 is 0 Å². The zero-order chi connectivity index (χ0) is 14.1. The van der Waals surface area contributed by atoms with E-state index < -0.39 is 0 Å². The van der Waals surface area contributed by atoms with Crippen LogP contribution in [0.15, 0.2) is 24.3 Å². The number of carbonyl (C=O) groups excluding carboxylic acids is 1. The SMILES string of the molecule is CCCCCCC(C)NC(=O)Cc1ccccc1F. The van der Waals surface area contributed by atoms with E-state index in [2.05, 4.69) is 12.2 Å². The summed E-state index contributed by atoms with van der Waals surface area (Å²) in [5.41, 5.74) is 0.457. The van der Waals surface area contributed by atoms with E-state index in [9.17, 15) is 9.18 Å². The van der Waals surface area contributed by atoms with Gasteiger partial charge in [0.2, 0.25) is 5.91 Å². The molecule has 19 heavy (non-hydrogen) atoms. The van der Waals surface area contributed by atoms with Gasteiger partial charge in [0, 0.05) is 6.04 Å². The van der Waals surface area contributed by atoms with E-state index in [0.29, 0.717) is 5.56 Å². The minimum Gasteiger partial charge on any atom is -0.353 e. The van der Waals surface area contributed by atoms with Crippen LogP contribution in [0.4, 0.5) is 4.39 Å². The Kier molecular flexibility index (Phi) is 7.16. The van der Waals surface area contributed by atoms with Crippen molar-refractivity contribution in [3.8, 4) is 0 Å². The molecule has 0 aliphatic carbocycles. The van der Waals surface area contributed by atoms with Gasteiger partial charge in [-0.15, -0.1) is 0 Å². The number of halogens is 1. The van der Waals surface area contributed by atoms with Crippen molar-refractivity contribution in [2.75, 3.05) is 0 Å². The van der Waals surface area contributed by atoms with E-state index in [0.717, 1.165) is 12.8 Å². The Morgan fingerprint density at radius 1 is 1.26 bits per heavy atom. The lowest BCUT2D eigenvalue weighted by atomic mass is 10.1. The van der Waals surface area contributed by atoms with Gasteiger partial charge in [-0.3, -0.25) is 4.79 Å². The van der Waals surface area contributed by atoms with Gasteiger partial charge in [0.25, 0.3) is 0 Å². The fraction of sp³-hybridized carbons (Fsp3) is 0.562. The van der Waals surface area contributed by atoms with Crippen LogP contribution in [-0.2, 0) is 11.2 Å². The molecule has 0 aromatic heterocycles. The Labute approximate surface area is 115 Å². The van der Waals surface area contributed by atoms with Crippen molar-refractivity contribution in [3.05, 3.63) is 35.6 Å². The number of benzene rings is 1. The second kappa shape index (κ2) is 8.68. The first-order chi connectivity index (χ1) is 9.13. The normalized spacial score (nSPS) is 12.2. The van der Waals surface area contributed by atoms with Crippen LogP contribution in [0.25, 0.3) is 0 Å². The fourth-order valence-electron chi connectivity index (χ4n) is 2.09. The number of hydrogen-bond acceptors (Lipinski definition) is 1. The molecule has 1 aromatic carbocycles. The molecule has 1 N–H and O–H groups in total.